The number of thiophene rings is 1. The maximum absolute atomic E-state index is 13.3. The second kappa shape index (κ2) is 6.67. The molecule has 0 bridgehead atoms. The molecule has 0 saturated heterocycles. The fraction of sp³-hybridized carbons (Fsp3) is 0.412. The van der Waals surface area contributed by atoms with Crippen molar-refractivity contribution in [3.63, 3.8) is 0 Å². The van der Waals surface area contributed by atoms with Gasteiger partial charge in [0.2, 0.25) is 0 Å². The van der Waals surface area contributed by atoms with Gasteiger partial charge in [-0.3, -0.25) is 0 Å². The van der Waals surface area contributed by atoms with E-state index in [-0.39, 0.29) is 0 Å². The normalized spacial score (nSPS) is 17.2. The second-order valence-electron chi connectivity index (χ2n) is 5.67. The molecular formula is C17H19F2NS. The van der Waals surface area contributed by atoms with Crippen molar-refractivity contribution < 1.29 is 8.78 Å². The fourth-order valence-corrected chi connectivity index (χ4v) is 4.03. The predicted octanol–water partition coefficient (Wildman–Crippen LogP) is 5.05. The largest absolute Gasteiger partial charge is 0.305 e. The molecule has 1 aliphatic carbocycles. The average molecular weight is 307 g/mol. The summed E-state index contributed by atoms with van der Waals surface area (Å²) in [5, 5.41) is 5.64. The lowest BCUT2D eigenvalue weighted by atomic mass is 9.96. The number of hydrogen-bond donors (Lipinski definition) is 1. The van der Waals surface area contributed by atoms with E-state index in [1.165, 1.54) is 42.7 Å². The van der Waals surface area contributed by atoms with E-state index in [4.69, 9.17) is 0 Å². The Morgan fingerprint density at radius 1 is 1.14 bits per heavy atom. The molecule has 4 heteroatoms. The quantitative estimate of drug-likeness (QED) is 0.815. The summed E-state index contributed by atoms with van der Waals surface area (Å²) in [6.45, 7) is 0.566. The Kier molecular flexibility index (Phi) is 4.66. The molecule has 1 fully saturated rings. The summed E-state index contributed by atoms with van der Waals surface area (Å²) in [5.74, 6) is -0.916. The summed E-state index contributed by atoms with van der Waals surface area (Å²) >= 11 is 1.76. The van der Waals surface area contributed by atoms with Gasteiger partial charge in [-0.1, -0.05) is 25.0 Å². The van der Waals surface area contributed by atoms with Crippen molar-refractivity contribution >= 4 is 11.3 Å². The van der Waals surface area contributed by atoms with Crippen LogP contribution in [-0.2, 0) is 6.54 Å². The zero-order chi connectivity index (χ0) is 14.7. The van der Waals surface area contributed by atoms with Gasteiger partial charge in [0.25, 0.3) is 0 Å². The Morgan fingerprint density at radius 3 is 2.62 bits per heavy atom. The molecule has 112 valence electrons. The minimum atomic E-state index is -0.788. The summed E-state index contributed by atoms with van der Waals surface area (Å²) in [6, 6.07) is 8.67. The number of nitrogens with one attached hydrogen (secondary N) is 1. The van der Waals surface area contributed by atoms with Gasteiger partial charge in [-0.2, -0.15) is 0 Å². The first-order valence-corrected chi connectivity index (χ1v) is 8.33. The molecule has 1 aromatic carbocycles. The second-order valence-corrected chi connectivity index (χ2v) is 6.65. The highest BCUT2D eigenvalue weighted by Crippen LogP contribution is 2.37. The summed E-state index contributed by atoms with van der Waals surface area (Å²) in [7, 11) is 0. The van der Waals surface area contributed by atoms with Crippen LogP contribution in [0.5, 0.6) is 0 Å². The van der Waals surface area contributed by atoms with Crippen molar-refractivity contribution in [1.82, 2.24) is 5.32 Å². The van der Waals surface area contributed by atoms with Crippen molar-refractivity contribution in [2.24, 2.45) is 5.92 Å². The van der Waals surface area contributed by atoms with Gasteiger partial charge < -0.3 is 5.32 Å². The van der Waals surface area contributed by atoms with E-state index in [0.29, 0.717) is 18.5 Å². The minimum Gasteiger partial charge on any atom is -0.305 e. The maximum Gasteiger partial charge on any atom is 0.159 e. The van der Waals surface area contributed by atoms with Crippen LogP contribution in [0.1, 0.15) is 42.2 Å². The summed E-state index contributed by atoms with van der Waals surface area (Å²) in [5.41, 5.74) is 0.786. The SMILES string of the molecule is Fc1ccc(CNC(c2cccs2)C2CCCC2)cc1F. The van der Waals surface area contributed by atoms with Gasteiger partial charge in [-0.25, -0.2) is 8.78 Å². The minimum absolute atomic E-state index is 0.320. The van der Waals surface area contributed by atoms with Crippen molar-refractivity contribution in [3.05, 3.63) is 57.8 Å². The third-order valence-electron chi connectivity index (χ3n) is 4.23. The average Bonchev–Trinajstić information content (AvgIpc) is 3.16. The van der Waals surface area contributed by atoms with E-state index >= 15 is 0 Å². The van der Waals surface area contributed by atoms with Gasteiger partial charge in [0.05, 0.1) is 0 Å². The third-order valence-corrected chi connectivity index (χ3v) is 5.19. The van der Waals surface area contributed by atoms with Crippen LogP contribution >= 0.6 is 11.3 Å². The molecule has 0 spiro atoms. The third kappa shape index (κ3) is 3.50. The van der Waals surface area contributed by atoms with E-state index in [0.717, 1.165) is 5.56 Å². The molecule has 21 heavy (non-hydrogen) atoms. The van der Waals surface area contributed by atoms with Crippen LogP contribution in [0.15, 0.2) is 35.7 Å². The highest BCUT2D eigenvalue weighted by Gasteiger charge is 2.26. The van der Waals surface area contributed by atoms with Gasteiger partial charge in [-0.05, 0) is 47.9 Å². The van der Waals surface area contributed by atoms with Crippen LogP contribution in [0.2, 0.25) is 0 Å². The molecule has 0 amide bonds. The first-order valence-electron chi connectivity index (χ1n) is 7.45. The van der Waals surface area contributed by atoms with E-state index < -0.39 is 11.6 Å². The van der Waals surface area contributed by atoms with Gasteiger partial charge in [-0.15, -0.1) is 11.3 Å². The molecule has 1 aliphatic rings. The standard InChI is InChI=1S/C17H19F2NS/c18-14-8-7-12(10-15(14)19)11-20-17(13-4-1-2-5-13)16-6-3-9-21-16/h3,6-10,13,17,20H,1-2,4-5,11H2. The Bertz CT molecular complexity index is 576. The highest BCUT2D eigenvalue weighted by atomic mass is 32.1. The smallest absolute Gasteiger partial charge is 0.159 e. The molecule has 0 aliphatic heterocycles. The Labute approximate surface area is 128 Å². The molecule has 1 saturated carbocycles. The Balaban J connectivity index is 1.71. The van der Waals surface area contributed by atoms with E-state index in [1.807, 2.05) is 0 Å². The van der Waals surface area contributed by atoms with E-state index in [1.54, 1.807) is 17.4 Å². The molecule has 0 radical (unpaired) electrons. The van der Waals surface area contributed by atoms with Crippen molar-refractivity contribution in [3.8, 4) is 0 Å². The predicted molar refractivity (Wildman–Crippen MR) is 82.2 cm³/mol. The fourth-order valence-electron chi connectivity index (χ4n) is 3.14. The molecule has 1 atom stereocenters. The maximum atomic E-state index is 13.3. The van der Waals surface area contributed by atoms with Crippen LogP contribution in [0, 0.1) is 17.6 Å². The summed E-state index contributed by atoms with van der Waals surface area (Å²) in [4.78, 5) is 1.34. The van der Waals surface area contributed by atoms with Crippen molar-refractivity contribution in [2.75, 3.05) is 0 Å². The lowest BCUT2D eigenvalue weighted by Gasteiger charge is -2.24. The number of hydrogen-bond acceptors (Lipinski definition) is 2. The molecule has 3 rings (SSSR count). The van der Waals surface area contributed by atoms with Crippen LogP contribution in [0.3, 0.4) is 0 Å². The molecular weight excluding hydrogens is 288 g/mol. The van der Waals surface area contributed by atoms with Gasteiger partial charge in [0.1, 0.15) is 0 Å². The molecule has 1 unspecified atom stereocenters. The lowest BCUT2D eigenvalue weighted by molar-refractivity contribution is 0.370. The highest BCUT2D eigenvalue weighted by molar-refractivity contribution is 7.10. The first kappa shape index (κ1) is 14.7. The van der Waals surface area contributed by atoms with Crippen LogP contribution in [0.4, 0.5) is 8.78 Å². The van der Waals surface area contributed by atoms with Crippen molar-refractivity contribution in [1.29, 1.82) is 0 Å². The van der Waals surface area contributed by atoms with E-state index in [9.17, 15) is 8.78 Å². The van der Waals surface area contributed by atoms with E-state index in [2.05, 4.69) is 22.8 Å². The monoisotopic (exact) mass is 307 g/mol. The number of rotatable bonds is 5. The first-order chi connectivity index (χ1) is 10.2. The van der Waals surface area contributed by atoms with Crippen LogP contribution in [-0.4, -0.2) is 0 Å². The summed E-state index contributed by atoms with van der Waals surface area (Å²) < 4.78 is 26.2. The van der Waals surface area contributed by atoms with Gasteiger partial charge >= 0.3 is 0 Å². The topological polar surface area (TPSA) is 12.0 Å². The van der Waals surface area contributed by atoms with Crippen LogP contribution in [0.25, 0.3) is 0 Å². The lowest BCUT2D eigenvalue weighted by Crippen LogP contribution is -2.26. The zero-order valence-electron chi connectivity index (χ0n) is 11.8. The van der Waals surface area contributed by atoms with Crippen molar-refractivity contribution in [2.45, 2.75) is 38.3 Å². The number of benzene rings is 1. The Hall–Kier alpha value is -1.26. The Morgan fingerprint density at radius 2 is 1.95 bits per heavy atom. The zero-order valence-corrected chi connectivity index (χ0v) is 12.6. The molecule has 1 nitrogen and oxygen atoms in total. The van der Waals surface area contributed by atoms with Gasteiger partial charge in [0.15, 0.2) is 11.6 Å². The number of halogens is 2. The molecule has 1 N–H and O–H groups in total. The molecule has 1 heterocycles. The van der Waals surface area contributed by atoms with Crippen LogP contribution < -0.4 is 5.32 Å². The molecule has 1 aromatic heterocycles. The van der Waals surface area contributed by atoms with Gasteiger partial charge in [0, 0.05) is 17.5 Å². The summed E-state index contributed by atoms with van der Waals surface area (Å²) in [6.07, 6.45) is 5.07. The molecule has 2 aromatic rings.